The lowest BCUT2D eigenvalue weighted by Gasteiger charge is -2.19. The van der Waals surface area contributed by atoms with E-state index in [1.807, 2.05) is 12.1 Å². The predicted molar refractivity (Wildman–Crippen MR) is 86.5 cm³/mol. The Morgan fingerprint density at radius 3 is 2.29 bits per heavy atom. The molecule has 3 heteroatoms. The summed E-state index contributed by atoms with van der Waals surface area (Å²) < 4.78 is 5.76. The molecule has 0 bridgehead atoms. The van der Waals surface area contributed by atoms with Crippen molar-refractivity contribution in [2.45, 2.75) is 39.2 Å². The Balaban J connectivity index is 1.93. The normalized spacial score (nSPS) is 11.4. The molecule has 1 aromatic heterocycles. The van der Waals surface area contributed by atoms with E-state index in [0.717, 1.165) is 23.4 Å². The SMILES string of the molecule is CC(C)(C)c1ccc(COc2ccc(CCN)nc2)cc1. The van der Waals surface area contributed by atoms with Gasteiger partial charge in [-0.05, 0) is 35.2 Å². The van der Waals surface area contributed by atoms with Crippen molar-refractivity contribution in [2.75, 3.05) is 6.54 Å². The van der Waals surface area contributed by atoms with E-state index in [-0.39, 0.29) is 5.41 Å². The molecule has 21 heavy (non-hydrogen) atoms. The van der Waals surface area contributed by atoms with E-state index in [4.69, 9.17) is 10.5 Å². The average Bonchev–Trinajstić information content (AvgIpc) is 2.46. The average molecular weight is 284 g/mol. The molecule has 0 aliphatic rings. The van der Waals surface area contributed by atoms with Gasteiger partial charge in [0.15, 0.2) is 0 Å². The molecule has 3 nitrogen and oxygen atoms in total. The van der Waals surface area contributed by atoms with E-state index >= 15 is 0 Å². The van der Waals surface area contributed by atoms with Gasteiger partial charge in [0.25, 0.3) is 0 Å². The van der Waals surface area contributed by atoms with Crippen LogP contribution < -0.4 is 10.5 Å². The first-order valence-corrected chi connectivity index (χ1v) is 7.36. The van der Waals surface area contributed by atoms with Crippen LogP contribution in [-0.4, -0.2) is 11.5 Å². The first-order chi connectivity index (χ1) is 9.99. The van der Waals surface area contributed by atoms with Crippen molar-refractivity contribution in [3.8, 4) is 5.75 Å². The van der Waals surface area contributed by atoms with Crippen molar-refractivity contribution in [1.82, 2.24) is 4.98 Å². The Bertz CT molecular complexity index is 553. The van der Waals surface area contributed by atoms with Crippen molar-refractivity contribution in [1.29, 1.82) is 0 Å². The van der Waals surface area contributed by atoms with Crippen LogP contribution in [0.2, 0.25) is 0 Å². The second kappa shape index (κ2) is 6.72. The minimum Gasteiger partial charge on any atom is -0.487 e. The van der Waals surface area contributed by atoms with Gasteiger partial charge in [-0.25, -0.2) is 0 Å². The molecule has 0 unspecified atom stereocenters. The predicted octanol–water partition coefficient (Wildman–Crippen LogP) is 3.46. The van der Waals surface area contributed by atoms with Gasteiger partial charge in [-0.1, -0.05) is 45.0 Å². The van der Waals surface area contributed by atoms with Crippen LogP contribution in [-0.2, 0) is 18.4 Å². The van der Waals surface area contributed by atoms with Gasteiger partial charge in [0.05, 0.1) is 6.20 Å². The Labute approximate surface area is 127 Å². The van der Waals surface area contributed by atoms with Gasteiger partial charge >= 0.3 is 0 Å². The third-order valence-corrected chi connectivity index (χ3v) is 3.42. The number of aromatic nitrogens is 1. The molecule has 2 N–H and O–H groups in total. The second-order valence-corrected chi connectivity index (χ2v) is 6.26. The maximum atomic E-state index is 5.76. The molecule has 0 radical (unpaired) electrons. The summed E-state index contributed by atoms with van der Waals surface area (Å²) in [5.41, 5.74) is 9.18. The van der Waals surface area contributed by atoms with Gasteiger partial charge in [0, 0.05) is 12.1 Å². The number of benzene rings is 1. The Morgan fingerprint density at radius 2 is 1.76 bits per heavy atom. The van der Waals surface area contributed by atoms with E-state index < -0.39 is 0 Å². The summed E-state index contributed by atoms with van der Waals surface area (Å²) in [5, 5.41) is 0. The van der Waals surface area contributed by atoms with Crippen molar-refractivity contribution in [3.05, 3.63) is 59.4 Å². The van der Waals surface area contributed by atoms with Gasteiger partial charge < -0.3 is 10.5 Å². The molecule has 0 amide bonds. The molecular formula is C18H24N2O. The minimum absolute atomic E-state index is 0.183. The largest absolute Gasteiger partial charge is 0.487 e. The quantitative estimate of drug-likeness (QED) is 0.914. The number of ether oxygens (including phenoxy) is 1. The van der Waals surface area contributed by atoms with Crippen LogP contribution in [0, 0.1) is 0 Å². The van der Waals surface area contributed by atoms with Gasteiger partial charge in [-0.3, -0.25) is 4.98 Å². The van der Waals surface area contributed by atoms with Crippen molar-refractivity contribution in [3.63, 3.8) is 0 Å². The highest BCUT2D eigenvalue weighted by molar-refractivity contribution is 5.28. The standard InChI is InChI=1S/C18H24N2O/c1-18(2,3)15-6-4-14(5-7-15)13-21-17-9-8-16(10-11-19)20-12-17/h4-9,12H,10-11,13,19H2,1-3H3. The zero-order valence-corrected chi connectivity index (χ0v) is 13.1. The summed E-state index contributed by atoms with van der Waals surface area (Å²) in [4.78, 5) is 4.32. The first kappa shape index (κ1) is 15.5. The molecule has 0 aliphatic carbocycles. The maximum absolute atomic E-state index is 5.76. The Morgan fingerprint density at radius 1 is 1.05 bits per heavy atom. The van der Waals surface area contributed by atoms with E-state index in [2.05, 4.69) is 50.0 Å². The van der Waals surface area contributed by atoms with Crippen LogP contribution in [0.3, 0.4) is 0 Å². The fourth-order valence-electron chi connectivity index (χ4n) is 2.06. The van der Waals surface area contributed by atoms with E-state index in [1.165, 1.54) is 5.56 Å². The van der Waals surface area contributed by atoms with Crippen LogP contribution in [0.4, 0.5) is 0 Å². The summed E-state index contributed by atoms with van der Waals surface area (Å²) in [7, 11) is 0. The van der Waals surface area contributed by atoms with Crippen molar-refractivity contribution in [2.24, 2.45) is 5.73 Å². The van der Waals surface area contributed by atoms with Crippen LogP contribution in [0.1, 0.15) is 37.6 Å². The van der Waals surface area contributed by atoms with E-state index in [0.29, 0.717) is 13.2 Å². The molecule has 0 saturated heterocycles. The number of nitrogens with two attached hydrogens (primary N) is 1. The lowest BCUT2D eigenvalue weighted by atomic mass is 9.87. The van der Waals surface area contributed by atoms with Gasteiger partial charge in [-0.15, -0.1) is 0 Å². The molecule has 0 saturated carbocycles. The highest BCUT2D eigenvalue weighted by Gasteiger charge is 2.12. The zero-order valence-electron chi connectivity index (χ0n) is 13.1. The van der Waals surface area contributed by atoms with Gasteiger partial charge in [-0.2, -0.15) is 0 Å². The summed E-state index contributed by atoms with van der Waals surface area (Å²) in [6.07, 6.45) is 2.56. The number of rotatable bonds is 5. The third kappa shape index (κ3) is 4.57. The van der Waals surface area contributed by atoms with E-state index in [9.17, 15) is 0 Å². The molecule has 1 aromatic carbocycles. The van der Waals surface area contributed by atoms with Gasteiger partial charge in [0.1, 0.15) is 12.4 Å². The fourth-order valence-corrected chi connectivity index (χ4v) is 2.06. The lowest BCUT2D eigenvalue weighted by Crippen LogP contribution is -2.10. The lowest BCUT2D eigenvalue weighted by molar-refractivity contribution is 0.304. The third-order valence-electron chi connectivity index (χ3n) is 3.42. The van der Waals surface area contributed by atoms with Gasteiger partial charge in [0.2, 0.25) is 0 Å². The second-order valence-electron chi connectivity index (χ2n) is 6.26. The fraction of sp³-hybridized carbons (Fsp3) is 0.389. The number of nitrogens with zero attached hydrogens (tertiary/aromatic N) is 1. The molecule has 112 valence electrons. The van der Waals surface area contributed by atoms with Crippen molar-refractivity contribution >= 4 is 0 Å². The molecule has 0 aliphatic heterocycles. The molecule has 2 aromatic rings. The summed E-state index contributed by atoms with van der Waals surface area (Å²) in [6, 6.07) is 12.5. The van der Waals surface area contributed by atoms with Crippen LogP contribution in [0.5, 0.6) is 5.75 Å². The summed E-state index contributed by atoms with van der Waals surface area (Å²) in [6.45, 7) is 7.82. The van der Waals surface area contributed by atoms with Crippen LogP contribution >= 0.6 is 0 Å². The van der Waals surface area contributed by atoms with Crippen LogP contribution in [0.25, 0.3) is 0 Å². The molecule has 0 fully saturated rings. The Kier molecular flexibility index (Phi) is 4.97. The maximum Gasteiger partial charge on any atom is 0.138 e. The molecule has 0 spiro atoms. The smallest absolute Gasteiger partial charge is 0.138 e. The van der Waals surface area contributed by atoms with Crippen LogP contribution in [0.15, 0.2) is 42.6 Å². The number of hydrogen-bond donors (Lipinski definition) is 1. The zero-order chi connectivity index (χ0) is 15.3. The highest BCUT2D eigenvalue weighted by atomic mass is 16.5. The molecule has 0 atom stereocenters. The first-order valence-electron chi connectivity index (χ1n) is 7.36. The number of hydrogen-bond acceptors (Lipinski definition) is 3. The minimum atomic E-state index is 0.183. The topological polar surface area (TPSA) is 48.1 Å². The molecule has 1 heterocycles. The summed E-state index contributed by atoms with van der Waals surface area (Å²) in [5.74, 6) is 0.788. The monoisotopic (exact) mass is 284 g/mol. The van der Waals surface area contributed by atoms with E-state index in [1.54, 1.807) is 6.20 Å². The molecular weight excluding hydrogens is 260 g/mol. The highest BCUT2D eigenvalue weighted by Crippen LogP contribution is 2.22. The van der Waals surface area contributed by atoms with Crippen molar-refractivity contribution < 1.29 is 4.74 Å². The molecule has 2 rings (SSSR count). The summed E-state index contributed by atoms with van der Waals surface area (Å²) >= 11 is 0. The Hall–Kier alpha value is -1.87. The number of pyridine rings is 1.